The first-order valence-electron chi connectivity index (χ1n) is 5.16. The molecule has 8 nitrogen and oxygen atoms in total. The van der Waals surface area contributed by atoms with Crippen LogP contribution in [0.2, 0.25) is 0 Å². The van der Waals surface area contributed by atoms with Crippen molar-refractivity contribution in [2.45, 2.75) is 11.8 Å². The molecule has 0 spiro atoms. The van der Waals surface area contributed by atoms with Crippen molar-refractivity contribution in [3.05, 3.63) is 35.7 Å². The summed E-state index contributed by atoms with van der Waals surface area (Å²) in [5.74, 6) is -0.676. The minimum Gasteiger partial charge on any atom is -0.364 e. The van der Waals surface area contributed by atoms with Crippen molar-refractivity contribution in [2.24, 2.45) is 10.9 Å². The number of hydrogen-bond donors (Lipinski definition) is 2. The van der Waals surface area contributed by atoms with Crippen molar-refractivity contribution in [3.63, 3.8) is 0 Å². The Bertz CT molecular complexity index is 733. The number of hydrogen-bond acceptors (Lipinski definition) is 5. The second-order valence-corrected chi connectivity index (χ2v) is 5.40. The first-order valence-corrected chi connectivity index (χ1v) is 6.70. The molecule has 0 aliphatic rings. The summed E-state index contributed by atoms with van der Waals surface area (Å²) in [6.45, 7) is 1.63. The number of carbonyl (C=O) groups is 1. The highest BCUT2D eigenvalue weighted by atomic mass is 32.2. The quantitative estimate of drug-likeness (QED) is 0.768. The summed E-state index contributed by atoms with van der Waals surface area (Å²) in [6, 6.07) is 5.70. The van der Waals surface area contributed by atoms with E-state index in [1.165, 1.54) is 28.9 Å². The number of sulfonamides is 1. The van der Waals surface area contributed by atoms with Crippen LogP contribution in [0.1, 0.15) is 16.2 Å². The summed E-state index contributed by atoms with van der Waals surface area (Å²) in [4.78, 5) is 11.1. The van der Waals surface area contributed by atoms with Gasteiger partial charge < -0.3 is 5.73 Å². The molecule has 0 saturated carbocycles. The van der Waals surface area contributed by atoms with Crippen molar-refractivity contribution in [2.75, 3.05) is 0 Å². The molecular formula is C10H11N5O3S. The maximum absolute atomic E-state index is 11.1. The Labute approximate surface area is 109 Å². The zero-order chi connectivity index (χ0) is 14.2. The second kappa shape index (κ2) is 4.44. The van der Waals surface area contributed by atoms with Gasteiger partial charge in [0.05, 0.1) is 16.3 Å². The van der Waals surface area contributed by atoms with Crippen LogP contribution in [-0.2, 0) is 10.0 Å². The predicted octanol–water partition coefficient (Wildman–Crippen LogP) is -0.678. The minimum absolute atomic E-state index is 0.0101. The number of nitrogens with two attached hydrogens (primary N) is 2. The molecule has 0 bridgehead atoms. The summed E-state index contributed by atoms with van der Waals surface area (Å²) >= 11 is 0. The molecule has 100 valence electrons. The Morgan fingerprint density at radius 1 is 1.26 bits per heavy atom. The lowest BCUT2D eigenvalue weighted by Crippen LogP contribution is -2.13. The van der Waals surface area contributed by atoms with Crippen LogP contribution in [0.5, 0.6) is 0 Å². The van der Waals surface area contributed by atoms with Gasteiger partial charge >= 0.3 is 0 Å². The van der Waals surface area contributed by atoms with Gasteiger partial charge in [0, 0.05) is 0 Å². The van der Waals surface area contributed by atoms with Gasteiger partial charge in [-0.3, -0.25) is 4.79 Å². The Morgan fingerprint density at radius 2 is 1.84 bits per heavy atom. The van der Waals surface area contributed by atoms with Gasteiger partial charge in [0.15, 0.2) is 5.69 Å². The van der Waals surface area contributed by atoms with Crippen molar-refractivity contribution in [3.8, 4) is 5.69 Å². The molecule has 0 fully saturated rings. The number of rotatable bonds is 3. The van der Waals surface area contributed by atoms with Crippen LogP contribution in [0, 0.1) is 6.92 Å². The molecule has 0 unspecified atom stereocenters. The minimum atomic E-state index is -3.74. The fourth-order valence-corrected chi connectivity index (χ4v) is 2.09. The van der Waals surface area contributed by atoms with Crippen LogP contribution in [0.25, 0.3) is 5.69 Å². The van der Waals surface area contributed by atoms with E-state index < -0.39 is 15.9 Å². The second-order valence-electron chi connectivity index (χ2n) is 3.84. The van der Waals surface area contributed by atoms with E-state index in [1.54, 1.807) is 6.92 Å². The van der Waals surface area contributed by atoms with Crippen LogP contribution in [0.3, 0.4) is 0 Å². The molecule has 0 atom stereocenters. The molecule has 0 aliphatic heterocycles. The molecule has 2 aromatic rings. The fraction of sp³-hybridized carbons (Fsp3) is 0.100. The number of amides is 1. The van der Waals surface area contributed by atoms with E-state index >= 15 is 0 Å². The van der Waals surface area contributed by atoms with E-state index in [0.29, 0.717) is 11.4 Å². The number of aromatic nitrogens is 3. The van der Waals surface area contributed by atoms with Gasteiger partial charge in [-0.1, -0.05) is 5.21 Å². The highest BCUT2D eigenvalue weighted by Gasteiger charge is 2.15. The van der Waals surface area contributed by atoms with Crippen molar-refractivity contribution in [1.82, 2.24) is 15.0 Å². The van der Waals surface area contributed by atoms with E-state index in [9.17, 15) is 13.2 Å². The number of nitrogens with zero attached hydrogens (tertiary/aromatic N) is 3. The Morgan fingerprint density at radius 3 is 2.26 bits per heavy atom. The van der Waals surface area contributed by atoms with Crippen LogP contribution >= 0.6 is 0 Å². The molecule has 2 rings (SSSR count). The van der Waals surface area contributed by atoms with E-state index in [4.69, 9.17) is 10.9 Å². The monoisotopic (exact) mass is 281 g/mol. The molecule has 1 amide bonds. The lowest BCUT2D eigenvalue weighted by atomic mass is 10.3. The summed E-state index contributed by atoms with van der Waals surface area (Å²) < 4.78 is 23.6. The molecule has 1 heterocycles. The van der Waals surface area contributed by atoms with E-state index in [2.05, 4.69) is 10.3 Å². The number of primary sulfonamides is 1. The smallest absolute Gasteiger partial charge is 0.271 e. The average Bonchev–Trinajstić information content (AvgIpc) is 2.70. The summed E-state index contributed by atoms with van der Waals surface area (Å²) in [5.41, 5.74) is 6.22. The van der Waals surface area contributed by atoms with Gasteiger partial charge in [-0.2, -0.15) is 0 Å². The number of benzene rings is 1. The largest absolute Gasteiger partial charge is 0.364 e. The first-order chi connectivity index (χ1) is 8.80. The highest BCUT2D eigenvalue weighted by molar-refractivity contribution is 7.89. The van der Waals surface area contributed by atoms with Crippen LogP contribution in [0.15, 0.2) is 29.2 Å². The third-order valence-electron chi connectivity index (χ3n) is 2.54. The van der Waals surface area contributed by atoms with Crippen molar-refractivity contribution < 1.29 is 13.2 Å². The molecule has 0 aliphatic carbocycles. The highest BCUT2D eigenvalue weighted by Crippen LogP contribution is 2.14. The van der Waals surface area contributed by atoms with Crippen LogP contribution in [-0.4, -0.2) is 29.3 Å². The average molecular weight is 281 g/mol. The van der Waals surface area contributed by atoms with Gasteiger partial charge in [0.1, 0.15) is 0 Å². The molecule has 0 radical (unpaired) electrons. The third kappa shape index (κ3) is 2.46. The van der Waals surface area contributed by atoms with Gasteiger partial charge in [-0.15, -0.1) is 5.10 Å². The van der Waals surface area contributed by atoms with Crippen LogP contribution in [0.4, 0.5) is 0 Å². The summed E-state index contributed by atoms with van der Waals surface area (Å²) in [6.07, 6.45) is 0. The summed E-state index contributed by atoms with van der Waals surface area (Å²) in [7, 11) is -3.74. The molecule has 9 heteroatoms. The van der Waals surface area contributed by atoms with Gasteiger partial charge in [0.2, 0.25) is 10.0 Å². The summed E-state index contributed by atoms with van der Waals surface area (Å²) in [5, 5.41) is 12.4. The van der Waals surface area contributed by atoms with Crippen molar-refractivity contribution >= 4 is 15.9 Å². The maximum Gasteiger partial charge on any atom is 0.271 e. The Hall–Kier alpha value is -2.26. The lowest BCUT2D eigenvalue weighted by molar-refractivity contribution is 0.0995. The number of primary amides is 1. The number of carbonyl (C=O) groups excluding carboxylic acids is 1. The van der Waals surface area contributed by atoms with Gasteiger partial charge in [-0.25, -0.2) is 18.2 Å². The molecule has 0 saturated heterocycles. The topological polar surface area (TPSA) is 134 Å². The fourth-order valence-electron chi connectivity index (χ4n) is 1.58. The predicted molar refractivity (Wildman–Crippen MR) is 66.0 cm³/mol. The third-order valence-corrected chi connectivity index (χ3v) is 3.47. The van der Waals surface area contributed by atoms with E-state index in [1.807, 2.05) is 0 Å². The Balaban J connectivity index is 2.46. The van der Waals surface area contributed by atoms with Gasteiger partial charge in [-0.05, 0) is 31.2 Å². The first kappa shape index (κ1) is 13.2. The van der Waals surface area contributed by atoms with Crippen LogP contribution < -0.4 is 10.9 Å². The molecule has 1 aromatic heterocycles. The zero-order valence-electron chi connectivity index (χ0n) is 9.94. The standard InChI is InChI=1S/C10H11N5O3S/c1-6-9(10(11)16)13-14-15(6)7-2-4-8(5-3-7)19(12,17)18/h2-5H,1H3,(H2,11,16)(H2,12,17,18). The molecule has 1 aromatic carbocycles. The normalized spacial score (nSPS) is 11.5. The SMILES string of the molecule is Cc1c(C(N)=O)nnn1-c1ccc(S(N)(=O)=O)cc1. The molecule has 4 N–H and O–H groups in total. The zero-order valence-corrected chi connectivity index (χ0v) is 10.8. The van der Waals surface area contributed by atoms with Gasteiger partial charge in [0.25, 0.3) is 5.91 Å². The molecular weight excluding hydrogens is 270 g/mol. The van der Waals surface area contributed by atoms with E-state index in [-0.39, 0.29) is 10.6 Å². The maximum atomic E-state index is 11.1. The van der Waals surface area contributed by atoms with E-state index in [0.717, 1.165) is 0 Å². The lowest BCUT2D eigenvalue weighted by Gasteiger charge is -2.04. The van der Waals surface area contributed by atoms with Crippen molar-refractivity contribution in [1.29, 1.82) is 0 Å². The Kier molecular flexibility index (Phi) is 3.08. The molecule has 19 heavy (non-hydrogen) atoms.